The monoisotopic (exact) mass is 343 g/mol. The number of nitrogens with one attached hydrogen (secondary N) is 1. The lowest BCUT2D eigenvalue weighted by atomic mass is 10.1. The van der Waals surface area contributed by atoms with Crippen LogP contribution in [-0.2, 0) is 6.61 Å². The van der Waals surface area contributed by atoms with Gasteiger partial charge in [-0.15, -0.1) is 10.2 Å². The first-order valence-electron chi connectivity index (χ1n) is 8.10. The Morgan fingerprint density at radius 2 is 2.00 bits per heavy atom. The van der Waals surface area contributed by atoms with Gasteiger partial charge in [-0.3, -0.25) is 4.98 Å². The van der Waals surface area contributed by atoms with E-state index in [2.05, 4.69) is 25.6 Å². The molecule has 5 aromatic rings. The van der Waals surface area contributed by atoms with Gasteiger partial charge in [0.05, 0.1) is 0 Å². The summed E-state index contributed by atoms with van der Waals surface area (Å²) in [5.74, 6) is 1.94. The molecule has 2 aromatic carbocycles. The number of pyridine rings is 1. The topological polar surface area (TPSA) is 89.7 Å². The van der Waals surface area contributed by atoms with Crippen molar-refractivity contribution in [3.8, 4) is 17.1 Å². The zero-order valence-corrected chi connectivity index (χ0v) is 13.6. The van der Waals surface area contributed by atoms with Gasteiger partial charge < -0.3 is 9.15 Å². The van der Waals surface area contributed by atoms with Crippen LogP contribution in [0.4, 0.5) is 0 Å². The van der Waals surface area contributed by atoms with Crippen LogP contribution in [0.3, 0.4) is 0 Å². The molecule has 0 aliphatic heterocycles. The van der Waals surface area contributed by atoms with Crippen LogP contribution in [0, 0.1) is 0 Å². The summed E-state index contributed by atoms with van der Waals surface area (Å²) < 4.78 is 11.9. The Morgan fingerprint density at radius 1 is 1.04 bits per heavy atom. The standard InChI is InChI=1S/C19H13N5O2/c1-2-6-15-12(4-1)10-17(26-15)13-7-8-16(19-14(13)5-3-9-20-19)25-11-18-21-23-24-22-18/h1-10H,11H2,(H,21,22,23,24). The van der Waals surface area contributed by atoms with Crippen LogP contribution in [0.25, 0.3) is 33.2 Å². The van der Waals surface area contributed by atoms with E-state index in [1.54, 1.807) is 6.20 Å². The summed E-state index contributed by atoms with van der Waals surface area (Å²) in [7, 11) is 0. The molecule has 0 unspecified atom stereocenters. The van der Waals surface area contributed by atoms with Crippen LogP contribution in [0.5, 0.6) is 5.75 Å². The first-order chi connectivity index (χ1) is 12.9. The van der Waals surface area contributed by atoms with Gasteiger partial charge in [-0.05, 0) is 30.3 Å². The smallest absolute Gasteiger partial charge is 0.211 e. The summed E-state index contributed by atoms with van der Waals surface area (Å²) in [6.07, 6.45) is 1.74. The molecule has 7 heteroatoms. The van der Waals surface area contributed by atoms with Crippen molar-refractivity contribution in [3.05, 3.63) is 66.6 Å². The van der Waals surface area contributed by atoms with E-state index >= 15 is 0 Å². The fourth-order valence-electron chi connectivity index (χ4n) is 2.98. The largest absolute Gasteiger partial charge is 0.483 e. The Morgan fingerprint density at radius 3 is 2.88 bits per heavy atom. The van der Waals surface area contributed by atoms with Crippen LogP contribution in [0.2, 0.25) is 0 Å². The molecule has 0 aliphatic carbocycles. The molecule has 0 saturated carbocycles. The van der Waals surface area contributed by atoms with E-state index in [1.165, 1.54) is 0 Å². The van der Waals surface area contributed by atoms with Gasteiger partial charge in [0.15, 0.2) is 6.61 Å². The highest BCUT2D eigenvalue weighted by Crippen LogP contribution is 2.36. The van der Waals surface area contributed by atoms with Gasteiger partial charge in [0, 0.05) is 22.5 Å². The minimum atomic E-state index is 0.214. The van der Waals surface area contributed by atoms with E-state index < -0.39 is 0 Å². The zero-order chi connectivity index (χ0) is 17.3. The molecule has 3 aromatic heterocycles. The SMILES string of the molecule is c1ccc2oc(-c3ccc(OCc4nn[nH]n4)c4ncccc34)cc2c1. The lowest BCUT2D eigenvalue weighted by Gasteiger charge is -2.09. The third-order valence-corrected chi connectivity index (χ3v) is 4.17. The molecule has 0 saturated heterocycles. The lowest BCUT2D eigenvalue weighted by molar-refractivity contribution is 0.299. The average molecular weight is 343 g/mol. The highest BCUT2D eigenvalue weighted by Gasteiger charge is 2.13. The molecule has 26 heavy (non-hydrogen) atoms. The van der Waals surface area contributed by atoms with Crippen molar-refractivity contribution in [2.75, 3.05) is 0 Å². The predicted molar refractivity (Wildman–Crippen MR) is 95.5 cm³/mol. The maximum Gasteiger partial charge on any atom is 0.211 e. The van der Waals surface area contributed by atoms with Gasteiger partial charge in [0.2, 0.25) is 5.82 Å². The highest BCUT2D eigenvalue weighted by molar-refractivity contribution is 5.98. The minimum Gasteiger partial charge on any atom is -0.483 e. The molecule has 0 fully saturated rings. The summed E-state index contributed by atoms with van der Waals surface area (Å²) in [4.78, 5) is 4.49. The number of ether oxygens (including phenoxy) is 1. The fraction of sp³-hybridized carbons (Fsp3) is 0.0526. The van der Waals surface area contributed by atoms with Gasteiger partial charge in [0.25, 0.3) is 0 Å². The third-order valence-electron chi connectivity index (χ3n) is 4.17. The number of nitrogens with zero attached hydrogens (tertiary/aromatic N) is 4. The number of benzene rings is 2. The maximum absolute atomic E-state index is 6.02. The van der Waals surface area contributed by atoms with Gasteiger partial charge in [-0.25, -0.2) is 0 Å². The number of rotatable bonds is 4. The summed E-state index contributed by atoms with van der Waals surface area (Å²) in [5, 5.41) is 15.7. The molecule has 0 amide bonds. The normalized spacial score (nSPS) is 11.2. The van der Waals surface area contributed by atoms with Crippen molar-refractivity contribution in [2.45, 2.75) is 6.61 Å². The van der Waals surface area contributed by atoms with E-state index in [1.807, 2.05) is 54.6 Å². The summed E-state index contributed by atoms with van der Waals surface area (Å²) in [5.41, 5.74) is 2.59. The molecule has 5 rings (SSSR count). The first-order valence-corrected chi connectivity index (χ1v) is 8.10. The van der Waals surface area contributed by atoms with E-state index in [-0.39, 0.29) is 6.61 Å². The second kappa shape index (κ2) is 5.96. The molecule has 0 spiro atoms. The zero-order valence-electron chi connectivity index (χ0n) is 13.6. The number of para-hydroxylation sites is 1. The summed E-state index contributed by atoms with van der Waals surface area (Å²) in [6.45, 7) is 0.214. The van der Waals surface area contributed by atoms with Gasteiger partial charge in [-0.1, -0.05) is 29.5 Å². The fourth-order valence-corrected chi connectivity index (χ4v) is 2.98. The van der Waals surface area contributed by atoms with Crippen LogP contribution < -0.4 is 4.74 Å². The molecule has 0 bridgehead atoms. The molecule has 7 nitrogen and oxygen atoms in total. The van der Waals surface area contributed by atoms with Crippen molar-refractivity contribution < 1.29 is 9.15 Å². The Labute approximate surface area is 147 Å². The Kier molecular flexibility index (Phi) is 3.35. The Bertz CT molecular complexity index is 1160. The molecule has 0 radical (unpaired) electrons. The highest BCUT2D eigenvalue weighted by atomic mass is 16.5. The number of aromatic amines is 1. The molecule has 126 valence electrons. The molecule has 0 atom stereocenters. The van der Waals surface area contributed by atoms with Crippen molar-refractivity contribution in [1.82, 2.24) is 25.6 Å². The van der Waals surface area contributed by atoms with Crippen molar-refractivity contribution in [3.63, 3.8) is 0 Å². The van der Waals surface area contributed by atoms with Crippen molar-refractivity contribution in [1.29, 1.82) is 0 Å². The van der Waals surface area contributed by atoms with E-state index in [0.29, 0.717) is 11.6 Å². The molecular formula is C19H13N5O2. The average Bonchev–Trinajstić information content (AvgIpc) is 3.35. The molecule has 3 heterocycles. The molecule has 1 N–H and O–H groups in total. The van der Waals surface area contributed by atoms with E-state index in [9.17, 15) is 0 Å². The van der Waals surface area contributed by atoms with Crippen LogP contribution in [0.15, 0.2) is 65.2 Å². The summed E-state index contributed by atoms with van der Waals surface area (Å²) in [6, 6.07) is 17.8. The number of hydrogen-bond donors (Lipinski definition) is 1. The molecular weight excluding hydrogens is 330 g/mol. The van der Waals surface area contributed by atoms with Gasteiger partial charge in [0.1, 0.15) is 22.6 Å². The maximum atomic E-state index is 6.02. The summed E-state index contributed by atoms with van der Waals surface area (Å²) >= 11 is 0. The van der Waals surface area contributed by atoms with Crippen LogP contribution in [-0.4, -0.2) is 25.6 Å². The number of aromatic nitrogens is 5. The number of fused-ring (bicyclic) bond motifs is 2. The number of furan rings is 1. The lowest BCUT2D eigenvalue weighted by Crippen LogP contribution is -1.99. The number of hydrogen-bond acceptors (Lipinski definition) is 6. The quantitative estimate of drug-likeness (QED) is 0.535. The van der Waals surface area contributed by atoms with E-state index in [0.717, 1.165) is 33.2 Å². The third kappa shape index (κ3) is 2.46. The number of tetrazole rings is 1. The Balaban J connectivity index is 1.60. The van der Waals surface area contributed by atoms with Gasteiger partial charge in [-0.2, -0.15) is 5.21 Å². The van der Waals surface area contributed by atoms with E-state index in [4.69, 9.17) is 9.15 Å². The van der Waals surface area contributed by atoms with Crippen LogP contribution >= 0.6 is 0 Å². The molecule has 0 aliphatic rings. The van der Waals surface area contributed by atoms with Gasteiger partial charge >= 0.3 is 0 Å². The second-order valence-corrected chi connectivity index (χ2v) is 5.78. The van der Waals surface area contributed by atoms with Crippen LogP contribution in [0.1, 0.15) is 5.82 Å². The second-order valence-electron chi connectivity index (χ2n) is 5.78. The minimum absolute atomic E-state index is 0.214. The van der Waals surface area contributed by atoms with Crippen molar-refractivity contribution >= 4 is 21.9 Å². The Hall–Kier alpha value is -3.74. The van der Waals surface area contributed by atoms with Crippen molar-refractivity contribution in [2.24, 2.45) is 0 Å². The number of H-pyrrole nitrogens is 1. The first kappa shape index (κ1) is 14.6. The predicted octanol–water partition coefficient (Wildman–Crippen LogP) is 3.74.